The van der Waals surface area contributed by atoms with E-state index in [0.717, 1.165) is 24.5 Å². The molecule has 0 N–H and O–H groups in total. The summed E-state index contributed by atoms with van der Waals surface area (Å²) in [7, 11) is 0. The molecule has 0 bridgehead atoms. The van der Waals surface area contributed by atoms with Crippen LogP contribution in [-0.2, 0) is 0 Å². The highest BCUT2D eigenvalue weighted by Crippen LogP contribution is 2.18. The monoisotopic (exact) mass is 324 g/mol. The first-order valence-electron chi connectivity index (χ1n) is 7.98. The molecule has 6 heteroatoms. The lowest BCUT2D eigenvalue weighted by molar-refractivity contribution is 0.0740. The molecule has 1 saturated heterocycles. The number of nitrogens with zero attached hydrogens (tertiary/aromatic N) is 4. The summed E-state index contributed by atoms with van der Waals surface area (Å²) >= 11 is 0. The van der Waals surface area contributed by atoms with Crippen molar-refractivity contribution in [3.05, 3.63) is 53.6 Å². The van der Waals surface area contributed by atoms with Crippen LogP contribution in [0.4, 0.5) is 5.69 Å². The van der Waals surface area contributed by atoms with E-state index in [2.05, 4.69) is 14.9 Å². The first-order chi connectivity index (χ1) is 11.5. The highest BCUT2D eigenvalue weighted by atomic mass is 16.2. The summed E-state index contributed by atoms with van der Waals surface area (Å²) in [6, 6.07) is 7.60. The molecule has 1 aromatic carbocycles. The molecule has 0 aliphatic carbocycles. The Kier molecular flexibility index (Phi) is 4.55. The molecule has 1 aliphatic rings. The van der Waals surface area contributed by atoms with Gasteiger partial charge in [-0.2, -0.15) is 0 Å². The Balaban J connectivity index is 1.62. The van der Waals surface area contributed by atoms with Gasteiger partial charge in [0.15, 0.2) is 5.78 Å². The van der Waals surface area contributed by atoms with Crippen LogP contribution in [0.5, 0.6) is 0 Å². The standard InChI is InChI=1S/C18H20N4O2/c1-13-11-20-17(12-19-13)18(24)22-9-7-21(8-10-22)16-5-3-15(4-6-16)14(2)23/h3-6,11-12H,7-10H2,1-2H3. The van der Waals surface area contributed by atoms with Gasteiger partial charge < -0.3 is 9.80 Å². The van der Waals surface area contributed by atoms with E-state index < -0.39 is 0 Å². The number of hydrogen-bond donors (Lipinski definition) is 0. The first-order valence-corrected chi connectivity index (χ1v) is 7.98. The van der Waals surface area contributed by atoms with E-state index in [0.29, 0.717) is 24.3 Å². The molecule has 1 amide bonds. The van der Waals surface area contributed by atoms with Gasteiger partial charge in [0.05, 0.1) is 11.9 Å². The molecule has 1 aliphatic heterocycles. The predicted molar refractivity (Wildman–Crippen MR) is 91.3 cm³/mol. The van der Waals surface area contributed by atoms with Crippen molar-refractivity contribution in [1.82, 2.24) is 14.9 Å². The number of anilines is 1. The van der Waals surface area contributed by atoms with Crippen molar-refractivity contribution in [3.63, 3.8) is 0 Å². The molecule has 2 aromatic rings. The van der Waals surface area contributed by atoms with E-state index in [1.807, 2.05) is 31.2 Å². The maximum atomic E-state index is 12.4. The van der Waals surface area contributed by atoms with Crippen molar-refractivity contribution in [1.29, 1.82) is 0 Å². The smallest absolute Gasteiger partial charge is 0.274 e. The molecule has 24 heavy (non-hydrogen) atoms. The average molecular weight is 324 g/mol. The molecule has 3 rings (SSSR count). The van der Waals surface area contributed by atoms with E-state index in [4.69, 9.17) is 0 Å². The van der Waals surface area contributed by atoms with Crippen LogP contribution in [0, 0.1) is 6.92 Å². The van der Waals surface area contributed by atoms with Crippen LogP contribution >= 0.6 is 0 Å². The molecule has 1 fully saturated rings. The molecular formula is C18H20N4O2. The van der Waals surface area contributed by atoms with Gasteiger partial charge in [-0.3, -0.25) is 14.6 Å². The van der Waals surface area contributed by atoms with Gasteiger partial charge in [0.2, 0.25) is 0 Å². The van der Waals surface area contributed by atoms with Crippen LogP contribution in [0.15, 0.2) is 36.7 Å². The number of Topliss-reactive ketones (excluding diaryl/α,β-unsaturated/α-hetero) is 1. The summed E-state index contributed by atoms with van der Waals surface area (Å²) in [5, 5.41) is 0. The molecule has 0 atom stereocenters. The number of benzene rings is 1. The number of ketones is 1. The number of hydrogen-bond acceptors (Lipinski definition) is 5. The van der Waals surface area contributed by atoms with Crippen molar-refractivity contribution < 1.29 is 9.59 Å². The van der Waals surface area contributed by atoms with E-state index in [1.165, 1.54) is 6.20 Å². The Morgan fingerprint density at radius 3 is 2.17 bits per heavy atom. The van der Waals surface area contributed by atoms with E-state index in [1.54, 1.807) is 18.0 Å². The van der Waals surface area contributed by atoms with Crippen molar-refractivity contribution in [2.75, 3.05) is 31.1 Å². The molecule has 6 nitrogen and oxygen atoms in total. The largest absolute Gasteiger partial charge is 0.368 e. The second-order valence-corrected chi connectivity index (χ2v) is 5.93. The molecule has 2 heterocycles. The zero-order chi connectivity index (χ0) is 17.1. The minimum absolute atomic E-state index is 0.0659. The van der Waals surface area contributed by atoms with Crippen LogP contribution in [0.25, 0.3) is 0 Å². The van der Waals surface area contributed by atoms with E-state index in [9.17, 15) is 9.59 Å². The van der Waals surface area contributed by atoms with Crippen LogP contribution in [0.1, 0.15) is 33.5 Å². The van der Waals surface area contributed by atoms with Crippen LogP contribution in [-0.4, -0.2) is 52.7 Å². The number of piperazine rings is 1. The normalized spacial score (nSPS) is 14.6. The zero-order valence-electron chi connectivity index (χ0n) is 13.9. The number of rotatable bonds is 3. The number of carbonyl (C=O) groups is 2. The minimum atomic E-state index is -0.0749. The second-order valence-electron chi connectivity index (χ2n) is 5.93. The van der Waals surface area contributed by atoms with Crippen LogP contribution < -0.4 is 4.90 Å². The van der Waals surface area contributed by atoms with Gasteiger partial charge in [0.25, 0.3) is 5.91 Å². The van der Waals surface area contributed by atoms with Crippen molar-refractivity contribution >= 4 is 17.4 Å². The number of aromatic nitrogens is 2. The molecule has 1 aromatic heterocycles. The second kappa shape index (κ2) is 6.78. The Hall–Kier alpha value is -2.76. The van der Waals surface area contributed by atoms with Crippen LogP contribution in [0.3, 0.4) is 0 Å². The van der Waals surface area contributed by atoms with Gasteiger partial charge in [-0.1, -0.05) is 0 Å². The Labute approximate surface area is 141 Å². The topological polar surface area (TPSA) is 66.4 Å². The average Bonchev–Trinajstić information content (AvgIpc) is 2.62. The van der Waals surface area contributed by atoms with Gasteiger partial charge in [-0.05, 0) is 38.1 Å². The summed E-state index contributed by atoms with van der Waals surface area (Å²) in [5.41, 5.74) is 2.97. The summed E-state index contributed by atoms with van der Waals surface area (Å²) < 4.78 is 0. The van der Waals surface area contributed by atoms with Gasteiger partial charge in [0.1, 0.15) is 5.69 Å². The fourth-order valence-electron chi connectivity index (χ4n) is 2.74. The number of amides is 1. The Morgan fingerprint density at radius 2 is 1.62 bits per heavy atom. The predicted octanol–water partition coefficient (Wildman–Crippen LogP) is 1.95. The Bertz CT molecular complexity index is 733. The van der Waals surface area contributed by atoms with Gasteiger partial charge in [0, 0.05) is 43.6 Å². The maximum Gasteiger partial charge on any atom is 0.274 e. The van der Waals surface area contributed by atoms with Crippen LogP contribution in [0.2, 0.25) is 0 Å². The molecule has 0 spiro atoms. The van der Waals surface area contributed by atoms with E-state index in [-0.39, 0.29) is 11.7 Å². The third-order valence-corrected chi connectivity index (χ3v) is 4.21. The molecular weight excluding hydrogens is 304 g/mol. The minimum Gasteiger partial charge on any atom is -0.368 e. The highest BCUT2D eigenvalue weighted by Gasteiger charge is 2.23. The lowest BCUT2D eigenvalue weighted by atomic mass is 10.1. The first kappa shape index (κ1) is 16.1. The summed E-state index contributed by atoms with van der Waals surface area (Å²) in [4.78, 5) is 36.1. The number of aryl methyl sites for hydroxylation is 1. The molecule has 0 unspecified atom stereocenters. The lowest BCUT2D eigenvalue weighted by Gasteiger charge is -2.36. The number of carbonyl (C=O) groups excluding carboxylic acids is 2. The Morgan fingerprint density at radius 1 is 0.958 bits per heavy atom. The van der Waals surface area contributed by atoms with Crippen molar-refractivity contribution in [2.24, 2.45) is 0 Å². The summed E-state index contributed by atoms with van der Waals surface area (Å²) in [6.45, 7) is 6.20. The van der Waals surface area contributed by atoms with Crippen molar-refractivity contribution in [2.45, 2.75) is 13.8 Å². The highest BCUT2D eigenvalue weighted by molar-refractivity contribution is 5.94. The van der Waals surface area contributed by atoms with Gasteiger partial charge in [-0.25, -0.2) is 4.98 Å². The quantitative estimate of drug-likeness (QED) is 0.807. The third kappa shape index (κ3) is 3.42. The lowest BCUT2D eigenvalue weighted by Crippen LogP contribution is -2.49. The zero-order valence-corrected chi connectivity index (χ0v) is 13.9. The SMILES string of the molecule is CC(=O)c1ccc(N2CCN(C(=O)c3cnc(C)cn3)CC2)cc1. The summed E-state index contributed by atoms with van der Waals surface area (Å²) in [6.07, 6.45) is 3.14. The summed E-state index contributed by atoms with van der Waals surface area (Å²) in [5.74, 6) is -0.00903. The van der Waals surface area contributed by atoms with Crippen molar-refractivity contribution in [3.8, 4) is 0 Å². The van der Waals surface area contributed by atoms with Gasteiger partial charge in [-0.15, -0.1) is 0 Å². The third-order valence-electron chi connectivity index (χ3n) is 4.21. The van der Waals surface area contributed by atoms with E-state index >= 15 is 0 Å². The molecule has 124 valence electrons. The molecule has 0 saturated carbocycles. The fraction of sp³-hybridized carbons (Fsp3) is 0.333. The fourth-order valence-corrected chi connectivity index (χ4v) is 2.74. The molecule has 0 radical (unpaired) electrons. The van der Waals surface area contributed by atoms with Gasteiger partial charge >= 0.3 is 0 Å². The maximum absolute atomic E-state index is 12.4.